The van der Waals surface area contributed by atoms with Crippen molar-refractivity contribution in [2.45, 2.75) is 6.92 Å². The highest BCUT2D eigenvalue weighted by atomic mass is 32.1. The summed E-state index contributed by atoms with van der Waals surface area (Å²) in [7, 11) is 0. The lowest BCUT2D eigenvalue weighted by atomic mass is 10.0. The van der Waals surface area contributed by atoms with E-state index < -0.39 is 0 Å². The fourth-order valence-corrected chi connectivity index (χ4v) is 2.75. The van der Waals surface area contributed by atoms with Crippen LogP contribution in [0.5, 0.6) is 0 Å². The molecular formula is C13H10N2O2S. The van der Waals surface area contributed by atoms with Crippen molar-refractivity contribution < 1.29 is 4.79 Å². The number of hydrogen-bond acceptors (Lipinski definition) is 3. The molecule has 0 atom stereocenters. The van der Waals surface area contributed by atoms with Gasteiger partial charge in [-0.1, -0.05) is 0 Å². The van der Waals surface area contributed by atoms with E-state index in [2.05, 4.69) is 9.97 Å². The summed E-state index contributed by atoms with van der Waals surface area (Å²) >= 11 is 1.51. The Morgan fingerprint density at radius 3 is 2.67 bits per heavy atom. The number of fused-ring (bicyclic) bond motifs is 1. The number of imidazole rings is 1. The van der Waals surface area contributed by atoms with E-state index >= 15 is 0 Å². The van der Waals surface area contributed by atoms with Crippen molar-refractivity contribution in [2.24, 2.45) is 0 Å². The molecule has 2 aromatic heterocycles. The molecule has 3 aromatic rings. The molecule has 0 spiro atoms. The first-order chi connectivity index (χ1) is 8.65. The Morgan fingerprint density at radius 1 is 1.17 bits per heavy atom. The SMILES string of the molecule is Cc1cscc1C(=O)c1ccc2[nH]c(=O)[nH]c2c1. The highest BCUT2D eigenvalue weighted by Gasteiger charge is 2.13. The Balaban J connectivity index is 2.12. The van der Waals surface area contributed by atoms with Crippen LogP contribution < -0.4 is 5.69 Å². The molecule has 0 saturated heterocycles. The number of thiophene rings is 1. The minimum atomic E-state index is -0.263. The van der Waals surface area contributed by atoms with Crippen LogP contribution in [-0.2, 0) is 0 Å². The maximum Gasteiger partial charge on any atom is 0.323 e. The Hall–Kier alpha value is -2.14. The lowest BCUT2D eigenvalue weighted by Crippen LogP contribution is -2.01. The molecule has 1 aromatic carbocycles. The molecule has 5 heteroatoms. The zero-order valence-corrected chi connectivity index (χ0v) is 10.4. The third-order valence-corrected chi connectivity index (χ3v) is 3.74. The minimum absolute atomic E-state index is 0.0160. The van der Waals surface area contributed by atoms with Crippen molar-refractivity contribution in [2.75, 3.05) is 0 Å². The van der Waals surface area contributed by atoms with E-state index in [9.17, 15) is 9.59 Å². The van der Waals surface area contributed by atoms with Gasteiger partial charge in [0.25, 0.3) is 0 Å². The van der Waals surface area contributed by atoms with Gasteiger partial charge in [0.2, 0.25) is 0 Å². The van der Waals surface area contributed by atoms with Crippen molar-refractivity contribution in [3.8, 4) is 0 Å². The number of aromatic amines is 2. The molecule has 0 aliphatic carbocycles. The first kappa shape index (κ1) is 11.0. The average molecular weight is 258 g/mol. The summed E-state index contributed by atoms with van der Waals surface area (Å²) < 4.78 is 0. The van der Waals surface area contributed by atoms with Gasteiger partial charge in [0.1, 0.15) is 0 Å². The summed E-state index contributed by atoms with van der Waals surface area (Å²) in [5.41, 5.74) is 3.38. The predicted molar refractivity (Wildman–Crippen MR) is 71.4 cm³/mol. The van der Waals surface area contributed by atoms with Crippen LogP contribution in [0.15, 0.2) is 33.8 Å². The molecular weight excluding hydrogens is 248 g/mol. The predicted octanol–water partition coefficient (Wildman–Crippen LogP) is 2.46. The maximum absolute atomic E-state index is 12.3. The number of ketones is 1. The van der Waals surface area contributed by atoms with Crippen LogP contribution in [0.4, 0.5) is 0 Å². The molecule has 0 fully saturated rings. The number of H-pyrrole nitrogens is 2. The first-order valence-corrected chi connectivity index (χ1v) is 6.39. The minimum Gasteiger partial charge on any atom is -0.306 e. The monoisotopic (exact) mass is 258 g/mol. The number of rotatable bonds is 2. The Labute approximate surface area is 106 Å². The number of hydrogen-bond donors (Lipinski definition) is 2. The molecule has 0 radical (unpaired) electrons. The lowest BCUT2D eigenvalue weighted by Gasteiger charge is -2.00. The number of carbonyl (C=O) groups is 1. The fraction of sp³-hybridized carbons (Fsp3) is 0.0769. The Kier molecular flexibility index (Phi) is 2.41. The van der Waals surface area contributed by atoms with Crippen molar-refractivity contribution in [3.05, 3.63) is 56.1 Å². The smallest absolute Gasteiger partial charge is 0.306 e. The Morgan fingerprint density at radius 2 is 1.94 bits per heavy atom. The molecule has 0 saturated carbocycles. The van der Waals surface area contributed by atoms with Crippen LogP contribution in [0.25, 0.3) is 11.0 Å². The molecule has 0 amide bonds. The van der Waals surface area contributed by atoms with Crippen LogP contribution in [0.2, 0.25) is 0 Å². The number of benzene rings is 1. The molecule has 0 aliphatic rings. The quantitative estimate of drug-likeness (QED) is 0.693. The maximum atomic E-state index is 12.3. The van der Waals surface area contributed by atoms with Crippen molar-refractivity contribution >= 4 is 28.2 Å². The largest absolute Gasteiger partial charge is 0.323 e. The van der Waals surface area contributed by atoms with Crippen LogP contribution in [0, 0.1) is 6.92 Å². The molecule has 2 N–H and O–H groups in total. The summed E-state index contributed by atoms with van der Waals surface area (Å²) in [5, 5.41) is 3.80. The standard InChI is InChI=1S/C13H10N2O2S/c1-7-5-18-6-9(7)12(16)8-2-3-10-11(4-8)15-13(17)14-10/h2-6H,1H3,(H2,14,15,17). The van der Waals surface area contributed by atoms with Gasteiger partial charge in [0.05, 0.1) is 11.0 Å². The number of aromatic nitrogens is 2. The molecule has 0 unspecified atom stereocenters. The molecule has 90 valence electrons. The van der Waals surface area contributed by atoms with E-state index in [1.807, 2.05) is 17.7 Å². The third-order valence-electron chi connectivity index (χ3n) is 2.88. The van der Waals surface area contributed by atoms with Crippen LogP contribution >= 0.6 is 11.3 Å². The molecule has 2 heterocycles. The summed E-state index contributed by atoms with van der Waals surface area (Å²) in [5.74, 6) is -0.0160. The second-order valence-corrected chi connectivity index (χ2v) is 4.88. The van der Waals surface area contributed by atoms with Gasteiger partial charge in [-0.2, -0.15) is 11.3 Å². The van der Waals surface area contributed by atoms with Gasteiger partial charge >= 0.3 is 5.69 Å². The molecule has 0 bridgehead atoms. The molecule has 0 aliphatic heterocycles. The zero-order chi connectivity index (χ0) is 12.7. The number of aryl methyl sites for hydroxylation is 1. The van der Waals surface area contributed by atoms with Gasteiger partial charge in [-0.25, -0.2) is 4.79 Å². The second-order valence-electron chi connectivity index (χ2n) is 4.14. The normalized spacial score (nSPS) is 10.9. The van der Waals surface area contributed by atoms with E-state index in [-0.39, 0.29) is 11.5 Å². The molecule has 4 nitrogen and oxygen atoms in total. The van der Waals surface area contributed by atoms with E-state index in [1.54, 1.807) is 18.2 Å². The van der Waals surface area contributed by atoms with E-state index in [4.69, 9.17) is 0 Å². The Bertz CT molecular complexity index is 795. The fourth-order valence-electron chi connectivity index (χ4n) is 1.92. The topological polar surface area (TPSA) is 65.7 Å². The highest BCUT2D eigenvalue weighted by Crippen LogP contribution is 2.19. The average Bonchev–Trinajstić information content (AvgIpc) is 2.91. The summed E-state index contributed by atoms with van der Waals surface area (Å²) in [6, 6.07) is 5.17. The van der Waals surface area contributed by atoms with Gasteiger partial charge in [0, 0.05) is 16.5 Å². The van der Waals surface area contributed by atoms with Crippen LogP contribution in [-0.4, -0.2) is 15.8 Å². The summed E-state index contributed by atoms with van der Waals surface area (Å²) in [6.07, 6.45) is 0. The van der Waals surface area contributed by atoms with Crippen molar-refractivity contribution in [3.63, 3.8) is 0 Å². The van der Waals surface area contributed by atoms with Gasteiger partial charge in [-0.05, 0) is 36.1 Å². The van der Waals surface area contributed by atoms with E-state index in [1.165, 1.54) is 11.3 Å². The van der Waals surface area contributed by atoms with Gasteiger partial charge in [-0.15, -0.1) is 0 Å². The van der Waals surface area contributed by atoms with E-state index in [0.29, 0.717) is 16.6 Å². The van der Waals surface area contributed by atoms with Gasteiger partial charge in [0.15, 0.2) is 5.78 Å². The number of carbonyl (C=O) groups excluding carboxylic acids is 1. The number of nitrogens with one attached hydrogen (secondary N) is 2. The van der Waals surface area contributed by atoms with E-state index in [0.717, 1.165) is 11.1 Å². The molecule has 18 heavy (non-hydrogen) atoms. The van der Waals surface area contributed by atoms with Crippen molar-refractivity contribution in [1.29, 1.82) is 0 Å². The van der Waals surface area contributed by atoms with Crippen molar-refractivity contribution in [1.82, 2.24) is 9.97 Å². The van der Waals surface area contributed by atoms with Gasteiger partial charge in [-0.3, -0.25) is 4.79 Å². The molecule has 3 rings (SSSR count). The van der Waals surface area contributed by atoms with Gasteiger partial charge < -0.3 is 9.97 Å². The van der Waals surface area contributed by atoms with Crippen LogP contribution in [0.3, 0.4) is 0 Å². The summed E-state index contributed by atoms with van der Waals surface area (Å²) in [4.78, 5) is 28.7. The highest BCUT2D eigenvalue weighted by molar-refractivity contribution is 7.08. The van der Waals surface area contributed by atoms with Crippen LogP contribution in [0.1, 0.15) is 21.5 Å². The lowest BCUT2D eigenvalue weighted by molar-refractivity contribution is 0.103. The zero-order valence-electron chi connectivity index (χ0n) is 9.61. The third kappa shape index (κ3) is 1.69. The summed E-state index contributed by atoms with van der Waals surface area (Å²) in [6.45, 7) is 1.92. The first-order valence-electron chi connectivity index (χ1n) is 5.45. The second kappa shape index (κ2) is 3.96.